The number of hydrogen-bond acceptors (Lipinski definition) is 2. The number of pyridine rings is 1. The molecule has 0 amide bonds. The summed E-state index contributed by atoms with van der Waals surface area (Å²) in [6.45, 7) is 1.61. The number of aryl methyl sites for hydroxylation is 2. The van der Waals surface area contributed by atoms with Crippen molar-refractivity contribution in [2.24, 2.45) is 7.05 Å². The maximum Gasteiger partial charge on any atom is 0.416 e. The second-order valence-corrected chi connectivity index (χ2v) is 3.90. The first-order chi connectivity index (χ1) is 8.30. The van der Waals surface area contributed by atoms with Crippen molar-refractivity contribution in [3.05, 3.63) is 39.9 Å². The van der Waals surface area contributed by atoms with Gasteiger partial charge in [-0.25, -0.2) is 0 Å². The van der Waals surface area contributed by atoms with E-state index in [0.29, 0.717) is 5.69 Å². The zero-order valence-corrected chi connectivity index (χ0v) is 9.67. The lowest BCUT2D eigenvalue weighted by Crippen LogP contribution is -2.14. The van der Waals surface area contributed by atoms with Crippen LogP contribution in [0.4, 0.5) is 13.2 Å². The van der Waals surface area contributed by atoms with Crippen molar-refractivity contribution in [3.63, 3.8) is 0 Å². The lowest BCUT2D eigenvalue weighted by atomic mass is 10.1. The Morgan fingerprint density at radius 2 is 2.06 bits per heavy atom. The van der Waals surface area contributed by atoms with Gasteiger partial charge in [0.25, 0.3) is 5.56 Å². The van der Waals surface area contributed by atoms with E-state index >= 15 is 0 Å². The largest absolute Gasteiger partial charge is 0.416 e. The van der Waals surface area contributed by atoms with Crippen LogP contribution in [0.15, 0.2) is 23.1 Å². The van der Waals surface area contributed by atoms with E-state index < -0.39 is 17.3 Å². The van der Waals surface area contributed by atoms with E-state index in [-0.39, 0.29) is 11.3 Å². The van der Waals surface area contributed by atoms with Crippen LogP contribution in [0.1, 0.15) is 11.3 Å². The Morgan fingerprint density at radius 1 is 1.39 bits per heavy atom. The lowest BCUT2D eigenvalue weighted by molar-refractivity contribution is -0.137. The molecule has 0 atom stereocenters. The standard InChI is InChI=1S/C11H10F3N3O/c1-6-9(10(18)17(2)16-6)8-5-7(3-4-15-8)11(12,13)14/h3-5,16H,1-2H3. The van der Waals surface area contributed by atoms with Crippen LogP contribution in [-0.4, -0.2) is 14.8 Å². The number of aromatic amines is 1. The molecule has 0 aromatic carbocycles. The van der Waals surface area contributed by atoms with Gasteiger partial charge in [-0.3, -0.25) is 19.6 Å². The van der Waals surface area contributed by atoms with Crippen molar-refractivity contribution in [3.8, 4) is 11.3 Å². The molecule has 96 valence electrons. The molecule has 7 heteroatoms. The number of nitrogens with one attached hydrogen (secondary N) is 1. The number of hydrogen-bond donors (Lipinski definition) is 1. The fraction of sp³-hybridized carbons (Fsp3) is 0.273. The number of alkyl halides is 3. The minimum absolute atomic E-state index is 0.0178. The maximum absolute atomic E-state index is 12.6. The zero-order valence-electron chi connectivity index (χ0n) is 9.67. The normalized spacial score (nSPS) is 11.8. The Bertz CT molecular complexity index is 640. The smallest absolute Gasteiger partial charge is 0.300 e. The van der Waals surface area contributed by atoms with Crippen molar-refractivity contribution in [2.75, 3.05) is 0 Å². The van der Waals surface area contributed by atoms with E-state index in [2.05, 4.69) is 10.1 Å². The summed E-state index contributed by atoms with van der Waals surface area (Å²) in [5, 5.41) is 2.72. The molecule has 0 spiro atoms. The topological polar surface area (TPSA) is 50.7 Å². The van der Waals surface area contributed by atoms with Crippen molar-refractivity contribution >= 4 is 0 Å². The summed E-state index contributed by atoms with van der Waals surface area (Å²) in [6, 6.07) is 1.74. The molecule has 0 saturated heterocycles. The number of halogens is 3. The van der Waals surface area contributed by atoms with E-state index in [1.54, 1.807) is 6.92 Å². The van der Waals surface area contributed by atoms with Gasteiger partial charge in [0.05, 0.1) is 16.8 Å². The third kappa shape index (κ3) is 2.03. The fourth-order valence-electron chi connectivity index (χ4n) is 1.73. The average molecular weight is 257 g/mol. The van der Waals surface area contributed by atoms with Gasteiger partial charge in [-0.05, 0) is 19.1 Å². The molecule has 4 nitrogen and oxygen atoms in total. The van der Waals surface area contributed by atoms with Gasteiger partial charge in [-0.1, -0.05) is 0 Å². The van der Waals surface area contributed by atoms with Crippen LogP contribution in [0.3, 0.4) is 0 Å². The maximum atomic E-state index is 12.6. The van der Waals surface area contributed by atoms with Gasteiger partial charge in [0.2, 0.25) is 0 Å². The molecule has 0 saturated carbocycles. The van der Waals surface area contributed by atoms with Crippen LogP contribution in [0, 0.1) is 6.92 Å². The van der Waals surface area contributed by atoms with Crippen LogP contribution in [-0.2, 0) is 13.2 Å². The quantitative estimate of drug-likeness (QED) is 0.850. The summed E-state index contributed by atoms with van der Waals surface area (Å²) in [6.07, 6.45) is -3.41. The first-order valence-electron chi connectivity index (χ1n) is 5.10. The molecule has 0 bridgehead atoms. The number of rotatable bonds is 1. The highest BCUT2D eigenvalue weighted by Gasteiger charge is 2.31. The molecule has 1 N–H and O–H groups in total. The fourth-order valence-corrected chi connectivity index (χ4v) is 1.73. The van der Waals surface area contributed by atoms with E-state index in [1.807, 2.05) is 0 Å². The van der Waals surface area contributed by atoms with Gasteiger partial charge in [0, 0.05) is 18.9 Å². The summed E-state index contributed by atoms with van der Waals surface area (Å²) >= 11 is 0. The van der Waals surface area contributed by atoms with Gasteiger partial charge in [-0.15, -0.1) is 0 Å². The molecular formula is C11H10F3N3O. The minimum Gasteiger partial charge on any atom is -0.300 e. The zero-order chi connectivity index (χ0) is 13.5. The first-order valence-corrected chi connectivity index (χ1v) is 5.10. The van der Waals surface area contributed by atoms with Crippen LogP contribution in [0.5, 0.6) is 0 Å². The van der Waals surface area contributed by atoms with Gasteiger partial charge in [0.1, 0.15) is 0 Å². The number of aromatic nitrogens is 3. The van der Waals surface area contributed by atoms with Crippen LogP contribution >= 0.6 is 0 Å². The second-order valence-electron chi connectivity index (χ2n) is 3.90. The Hall–Kier alpha value is -2.05. The van der Waals surface area contributed by atoms with Crippen LogP contribution < -0.4 is 5.56 Å². The molecule has 18 heavy (non-hydrogen) atoms. The monoisotopic (exact) mass is 257 g/mol. The average Bonchev–Trinajstić information content (AvgIpc) is 2.52. The third-order valence-electron chi connectivity index (χ3n) is 2.57. The van der Waals surface area contributed by atoms with E-state index in [4.69, 9.17) is 0 Å². The first kappa shape index (κ1) is 12.4. The van der Waals surface area contributed by atoms with Gasteiger partial charge >= 0.3 is 6.18 Å². The molecule has 0 aliphatic heterocycles. The summed E-state index contributed by atoms with van der Waals surface area (Å²) < 4.78 is 38.9. The van der Waals surface area contributed by atoms with Crippen molar-refractivity contribution < 1.29 is 13.2 Å². The van der Waals surface area contributed by atoms with Gasteiger partial charge in [0.15, 0.2) is 0 Å². The Morgan fingerprint density at radius 3 is 2.56 bits per heavy atom. The Labute approximate surface area is 100 Å². The molecule has 0 aliphatic carbocycles. The molecule has 2 aromatic heterocycles. The summed E-state index contributed by atoms with van der Waals surface area (Å²) in [4.78, 5) is 15.6. The molecule has 0 aliphatic rings. The summed E-state index contributed by atoms with van der Waals surface area (Å²) in [7, 11) is 1.49. The van der Waals surface area contributed by atoms with Crippen molar-refractivity contribution in [1.82, 2.24) is 14.8 Å². The number of nitrogens with zero attached hydrogens (tertiary/aromatic N) is 2. The summed E-state index contributed by atoms with van der Waals surface area (Å²) in [5.41, 5.74) is -0.573. The Balaban J connectivity index is 2.62. The summed E-state index contributed by atoms with van der Waals surface area (Å²) in [5.74, 6) is 0. The third-order valence-corrected chi connectivity index (χ3v) is 2.57. The predicted molar refractivity (Wildman–Crippen MR) is 59.0 cm³/mol. The molecule has 2 aromatic rings. The molecule has 0 fully saturated rings. The highest BCUT2D eigenvalue weighted by atomic mass is 19.4. The van der Waals surface area contributed by atoms with Crippen molar-refractivity contribution in [1.29, 1.82) is 0 Å². The molecule has 2 heterocycles. The minimum atomic E-state index is -4.45. The second kappa shape index (κ2) is 4.01. The SMILES string of the molecule is Cc1[nH]n(C)c(=O)c1-c1cc(C(F)(F)F)ccn1. The highest BCUT2D eigenvalue weighted by molar-refractivity contribution is 5.61. The molecule has 2 rings (SSSR count). The van der Waals surface area contributed by atoms with E-state index in [1.165, 1.54) is 11.7 Å². The van der Waals surface area contributed by atoms with Crippen LogP contribution in [0.2, 0.25) is 0 Å². The highest BCUT2D eigenvalue weighted by Crippen LogP contribution is 2.30. The van der Waals surface area contributed by atoms with E-state index in [9.17, 15) is 18.0 Å². The van der Waals surface area contributed by atoms with Crippen LogP contribution in [0.25, 0.3) is 11.3 Å². The molecular weight excluding hydrogens is 247 g/mol. The molecule has 0 unspecified atom stereocenters. The number of H-pyrrole nitrogens is 1. The van der Waals surface area contributed by atoms with Gasteiger partial charge in [-0.2, -0.15) is 13.2 Å². The van der Waals surface area contributed by atoms with E-state index in [0.717, 1.165) is 18.3 Å². The van der Waals surface area contributed by atoms with Gasteiger partial charge < -0.3 is 0 Å². The Kier molecular flexibility index (Phi) is 2.76. The van der Waals surface area contributed by atoms with Crippen molar-refractivity contribution in [2.45, 2.75) is 13.1 Å². The predicted octanol–water partition coefficient (Wildman–Crippen LogP) is 2.10. The lowest BCUT2D eigenvalue weighted by Gasteiger charge is -2.07. The molecule has 0 radical (unpaired) electrons.